The summed E-state index contributed by atoms with van der Waals surface area (Å²) in [4.78, 5) is 32.2. The fraction of sp³-hybridized carbons (Fsp3) is 0.379. The summed E-state index contributed by atoms with van der Waals surface area (Å²) in [7, 11) is 0. The molecule has 2 aromatic carbocycles. The molecule has 6 rings (SSSR count). The van der Waals surface area contributed by atoms with Crippen LogP contribution in [0.15, 0.2) is 54.6 Å². The smallest absolute Gasteiger partial charge is 0.242 e. The molecule has 0 radical (unpaired) electrons. The zero-order valence-corrected chi connectivity index (χ0v) is 22.3. The summed E-state index contributed by atoms with van der Waals surface area (Å²) in [6.45, 7) is 3.03. The number of benzene rings is 2. The Morgan fingerprint density at radius 3 is 2.46 bits per heavy atom. The summed E-state index contributed by atoms with van der Waals surface area (Å²) in [5.74, 6) is 2.17. The number of carbonyl (C=O) groups is 2. The number of ether oxygens (including phenoxy) is 2. The number of carbonyl (C=O) groups excluding carboxylic acids is 2. The lowest BCUT2D eigenvalue weighted by Crippen LogP contribution is -2.52. The summed E-state index contributed by atoms with van der Waals surface area (Å²) in [5.41, 5.74) is 2.48. The number of hydrogen-bond donors (Lipinski definition) is 0. The van der Waals surface area contributed by atoms with Gasteiger partial charge in [0.15, 0.2) is 17.3 Å². The summed E-state index contributed by atoms with van der Waals surface area (Å²) < 4.78 is 10.9. The van der Waals surface area contributed by atoms with E-state index in [0.29, 0.717) is 49.2 Å². The van der Waals surface area contributed by atoms with Crippen LogP contribution in [-0.2, 0) is 16.1 Å². The van der Waals surface area contributed by atoms with Gasteiger partial charge in [-0.3, -0.25) is 9.59 Å². The van der Waals surface area contributed by atoms with Gasteiger partial charge in [-0.05, 0) is 48.7 Å². The number of nitrogens with zero attached hydrogens (tertiary/aromatic N) is 5. The summed E-state index contributed by atoms with van der Waals surface area (Å²) in [6, 6.07) is 17.1. The third-order valence-corrected chi connectivity index (χ3v) is 7.99. The molecule has 2 aliphatic heterocycles. The first-order valence-electron chi connectivity index (χ1n) is 13.3. The number of amides is 2. The van der Waals surface area contributed by atoms with E-state index in [0.717, 1.165) is 41.9 Å². The number of anilines is 1. The SMILES string of the molecule is O=C(CN(Cc1ccc2c(c1)OCO2)C(=O)C1CCC1)N1CCN(c2ccc(-c3ccccc3Cl)nn2)CC1. The van der Waals surface area contributed by atoms with Crippen molar-refractivity contribution in [2.45, 2.75) is 25.8 Å². The lowest BCUT2D eigenvalue weighted by Gasteiger charge is -2.37. The second-order valence-corrected chi connectivity index (χ2v) is 10.5. The van der Waals surface area contributed by atoms with Gasteiger partial charge in [-0.25, -0.2) is 0 Å². The van der Waals surface area contributed by atoms with Crippen molar-refractivity contribution in [3.8, 4) is 22.8 Å². The van der Waals surface area contributed by atoms with Gasteiger partial charge in [0.2, 0.25) is 18.6 Å². The van der Waals surface area contributed by atoms with Crippen molar-refractivity contribution in [2.24, 2.45) is 5.92 Å². The van der Waals surface area contributed by atoms with Gasteiger partial charge in [0.05, 0.1) is 10.7 Å². The van der Waals surface area contributed by atoms with Crippen LogP contribution in [0.3, 0.4) is 0 Å². The minimum absolute atomic E-state index is 0.0102. The Hall–Kier alpha value is -3.85. The molecule has 3 heterocycles. The van der Waals surface area contributed by atoms with Crippen molar-refractivity contribution in [3.63, 3.8) is 0 Å². The molecule has 2 fully saturated rings. The van der Waals surface area contributed by atoms with Crippen LogP contribution in [0.4, 0.5) is 5.82 Å². The molecule has 0 bridgehead atoms. The van der Waals surface area contributed by atoms with E-state index in [1.807, 2.05) is 59.5 Å². The van der Waals surface area contributed by atoms with E-state index >= 15 is 0 Å². The van der Waals surface area contributed by atoms with Gasteiger partial charge in [0, 0.05) is 44.2 Å². The standard InChI is InChI=1S/C29H30ClN5O4/c30-23-7-2-1-6-22(23)24-9-11-27(32-31-24)33-12-14-34(15-13-33)28(36)18-35(29(37)21-4-3-5-21)17-20-8-10-25-26(16-20)39-19-38-25/h1-2,6-11,16,21H,3-5,12-15,17-19H2. The Morgan fingerprint density at radius 1 is 0.949 bits per heavy atom. The lowest BCUT2D eigenvalue weighted by molar-refractivity contribution is -0.145. The summed E-state index contributed by atoms with van der Waals surface area (Å²) in [6.07, 6.45) is 2.84. The van der Waals surface area contributed by atoms with Gasteiger partial charge >= 0.3 is 0 Å². The van der Waals surface area contributed by atoms with E-state index in [4.69, 9.17) is 21.1 Å². The molecule has 2 amide bonds. The van der Waals surface area contributed by atoms with Crippen LogP contribution in [0.5, 0.6) is 11.5 Å². The third kappa shape index (κ3) is 5.49. The molecule has 9 nitrogen and oxygen atoms in total. The van der Waals surface area contributed by atoms with E-state index < -0.39 is 0 Å². The van der Waals surface area contributed by atoms with Crippen molar-refractivity contribution in [2.75, 3.05) is 44.4 Å². The van der Waals surface area contributed by atoms with E-state index in [1.54, 1.807) is 4.90 Å². The second kappa shape index (κ2) is 11.1. The summed E-state index contributed by atoms with van der Waals surface area (Å²) in [5, 5.41) is 9.42. The van der Waals surface area contributed by atoms with Gasteiger partial charge in [-0.2, -0.15) is 0 Å². The number of hydrogen-bond acceptors (Lipinski definition) is 7. The molecule has 202 valence electrons. The van der Waals surface area contributed by atoms with Gasteiger partial charge in [-0.1, -0.05) is 42.3 Å². The molecule has 0 spiro atoms. The molecular weight excluding hydrogens is 518 g/mol. The first kappa shape index (κ1) is 25.4. The number of piperazine rings is 1. The molecule has 1 saturated carbocycles. The molecule has 1 aromatic heterocycles. The maximum atomic E-state index is 13.3. The first-order chi connectivity index (χ1) is 19.0. The monoisotopic (exact) mass is 547 g/mol. The van der Waals surface area contributed by atoms with Crippen LogP contribution < -0.4 is 14.4 Å². The highest BCUT2D eigenvalue weighted by molar-refractivity contribution is 6.33. The highest BCUT2D eigenvalue weighted by Crippen LogP contribution is 2.34. The molecule has 0 atom stereocenters. The molecule has 0 N–H and O–H groups in total. The van der Waals surface area contributed by atoms with Crippen molar-refractivity contribution < 1.29 is 19.1 Å². The van der Waals surface area contributed by atoms with Crippen molar-refractivity contribution in [3.05, 3.63) is 65.2 Å². The quantitative estimate of drug-likeness (QED) is 0.442. The normalized spacial score (nSPS) is 16.6. The molecule has 1 aliphatic carbocycles. The Kier molecular flexibility index (Phi) is 7.24. The second-order valence-electron chi connectivity index (χ2n) is 10.1. The van der Waals surface area contributed by atoms with E-state index in [9.17, 15) is 9.59 Å². The van der Waals surface area contributed by atoms with Crippen LogP contribution >= 0.6 is 11.6 Å². The molecule has 1 saturated heterocycles. The third-order valence-electron chi connectivity index (χ3n) is 7.66. The summed E-state index contributed by atoms with van der Waals surface area (Å²) >= 11 is 6.29. The van der Waals surface area contributed by atoms with Crippen molar-refractivity contribution >= 4 is 29.2 Å². The number of fused-ring (bicyclic) bond motifs is 1. The number of rotatable bonds is 7. The Bertz CT molecular complexity index is 1360. The first-order valence-corrected chi connectivity index (χ1v) is 13.7. The molecule has 3 aliphatic rings. The predicted molar refractivity (Wildman–Crippen MR) is 147 cm³/mol. The van der Waals surface area contributed by atoms with E-state index in [1.165, 1.54) is 0 Å². The van der Waals surface area contributed by atoms with Crippen LogP contribution in [0.2, 0.25) is 5.02 Å². The molecular formula is C29H30ClN5O4. The average molecular weight is 548 g/mol. The highest BCUT2D eigenvalue weighted by Gasteiger charge is 2.32. The van der Waals surface area contributed by atoms with Crippen LogP contribution in [0.1, 0.15) is 24.8 Å². The van der Waals surface area contributed by atoms with Crippen molar-refractivity contribution in [1.29, 1.82) is 0 Å². The lowest BCUT2D eigenvalue weighted by atomic mass is 9.84. The molecule has 3 aromatic rings. The Morgan fingerprint density at radius 2 is 1.74 bits per heavy atom. The fourth-order valence-corrected chi connectivity index (χ4v) is 5.37. The van der Waals surface area contributed by atoms with Gasteiger partial charge < -0.3 is 24.2 Å². The van der Waals surface area contributed by atoms with Crippen LogP contribution in [-0.4, -0.2) is 71.3 Å². The number of aromatic nitrogens is 2. The largest absolute Gasteiger partial charge is 0.454 e. The van der Waals surface area contributed by atoms with E-state index in [2.05, 4.69) is 15.1 Å². The Labute approximate surface area is 232 Å². The maximum Gasteiger partial charge on any atom is 0.242 e. The molecule has 39 heavy (non-hydrogen) atoms. The maximum absolute atomic E-state index is 13.3. The average Bonchev–Trinajstić information content (AvgIpc) is 3.40. The van der Waals surface area contributed by atoms with Crippen LogP contribution in [0.25, 0.3) is 11.3 Å². The molecule has 0 unspecified atom stereocenters. The number of halogens is 1. The topological polar surface area (TPSA) is 88.1 Å². The van der Waals surface area contributed by atoms with Gasteiger partial charge in [-0.15, -0.1) is 10.2 Å². The zero-order chi connectivity index (χ0) is 26.8. The fourth-order valence-electron chi connectivity index (χ4n) is 5.14. The Balaban J connectivity index is 1.07. The zero-order valence-electron chi connectivity index (χ0n) is 21.6. The van der Waals surface area contributed by atoms with Gasteiger partial charge in [0.1, 0.15) is 6.54 Å². The molecule has 10 heteroatoms. The van der Waals surface area contributed by atoms with E-state index in [-0.39, 0.29) is 31.1 Å². The minimum atomic E-state index is -0.0387. The van der Waals surface area contributed by atoms with Crippen molar-refractivity contribution in [1.82, 2.24) is 20.0 Å². The van der Waals surface area contributed by atoms with Crippen LogP contribution in [0, 0.1) is 5.92 Å². The minimum Gasteiger partial charge on any atom is -0.454 e. The van der Waals surface area contributed by atoms with Gasteiger partial charge in [0.25, 0.3) is 0 Å². The highest BCUT2D eigenvalue weighted by atomic mass is 35.5. The predicted octanol–water partition coefficient (Wildman–Crippen LogP) is 4.00.